The molecule has 0 spiro atoms. The number of urea groups is 1. The fraction of sp³-hybridized carbons (Fsp3) is 0.818. The number of aliphatic hydroxyl groups is 1. The Balaban J connectivity index is 4.89. The van der Waals surface area contributed by atoms with Crippen molar-refractivity contribution in [2.24, 2.45) is 0 Å². The molecule has 3 N–H and O–H groups in total. The average molecular weight is 282 g/mol. The number of carbonyl (C=O) groups excluding carboxylic acids is 1. The molecule has 0 aromatic heterocycles. The highest BCUT2D eigenvalue weighted by molar-refractivity contribution is 5.86. The van der Waals surface area contributed by atoms with Crippen LogP contribution in [-0.2, 0) is 4.79 Å². The smallest absolute Gasteiger partial charge is 0.329 e. The molecular weight excluding hydrogens is 262 g/mol. The van der Waals surface area contributed by atoms with Gasteiger partial charge in [0.15, 0.2) is 0 Å². The van der Waals surface area contributed by atoms with Crippen molar-refractivity contribution in [2.45, 2.75) is 38.7 Å². The van der Waals surface area contributed by atoms with Gasteiger partial charge in [-0.15, -0.1) is 0 Å². The number of nitrogens with one attached hydrogen (secondary N) is 1. The normalized spacial score (nSPS) is 11.5. The van der Waals surface area contributed by atoms with Gasteiger partial charge in [-0.25, -0.2) is 18.4 Å². The fourth-order valence-corrected chi connectivity index (χ4v) is 1.63. The SMILES string of the molecule is CCC(CC)(NC(=O)N(CCO)CC(F)F)C(=O)O. The van der Waals surface area contributed by atoms with E-state index in [1.165, 1.54) is 0 Å². The van der Waals surface area contributed by atoms with Gasteiger partial charge < -0.3 is 20.4 Å². The van der Waals surface area contributed by atoms with Gasteiger partial charge in [-0.1, -0.05) is 13.8 Å². The number of aliphatic hydroxyl groups excluding tert-OH is 1. The number of amides is 2. The second-order valence-electron chi connectivity index (χ2n) is 4.09. The van der Waals surface area contributed by atoms with Gasteiger partial charge in [-0.3, -0.25) is 0 Å². The molecule has 0 atom stereocenters. The van der Waals surface area contributed by atoms with E-state index in [-0.39, 0.29) is 19.4 Å². The Morgan fingerprint density at radius 3 is 2.16 bits per heavy atom. The predicted molar refractivity (Wildman–Crippen MR) is 64.1 cm³/mol. The molecule has 0 radical (unpaired) electrons. The summed E-state index contributed by atoms with van der Waals surface area (Å²) in [6.45, 7) is 1.57. The summed E-state index contributed by atoms with van der Waals surface area (Å²) in [7, 11) is 0. The summed E-state index contributed by atoms with van der Waals surface area (Å²) in [5.41, 5.74) is -1.48. The van der Waals surface area contributed by atoms with Crippen LogP contribution >= 0.6 is 0 Å². The van der Waals surface area contributed by atoms with Gasteiger partial charge in [0.05, 0.1) is 13.2 Å². The Morgan fingerprint density at radius 2 is 1.84 bits per heavy atom. The second-order valence-corrected chi connectivity index (χ2v) is 4.09. The molecule has 0 aliphatic heterocycles. The molecule has 19 heavy (non-hydrogen) atoms. The lowest BCUT2D eigenvalue weighted by atomic mass is 9.93. The number of halogens is 2. The van der Waals surface area contributed by atoms with E-state index in [2.05, 4.69) is 5.32 Å². The highest BCUT2D eigenvalue weighted by Gasteiger charge is 2.37. The van der Waals surface area contributed by atoms with E-state index in [4.69, 9.17) is 10.2 Å². The molecule has 6 nitrogen and oxygen atoms in total. The van der Waals surface area contributed by atoms with Crippen molar-refractivity contribution in [3.05, 3.63) is 0 Å². The first-order chi connectivity index (χ1) is 8.82. The molecule has 0 bridgehead atoms. The van der Waals surface area contributed by atoms with E-state index >= 15 is 0 Å². The van der Waals surface area contributed by atoms with Crippen LogP contribution in [0.25, 0.3) is 0 Å². The van der Waals surface area contributed by atoms with Crippen molar-refractivity contribution < 1.29 is 28.6 Å². The molecule has 0 saturated heterocycles. The van der Waals surface area contributed by atoms with Crippen molar-refractivity contribution in [2.75, 3.05) is 19.7 Å². The number of alkyl halides is 2. The molecule has 0 saturated carbocycles. The van der Waals surface area contributed by atoms with Gasteiger partial charge in [0.25, 0.3) is 6.43 Å². The van der Waals surface area contributed by atoms with Gasteiger partial charge in [0.2, 0.25) is 0 Å². The second kappa shape index (κ2) is 7.88. The lowest BCUT2D eigenvalue weighted by Crippen LogP contribution is -2.58. The molecule has 0 rings (SSSR count). The van der Waals surface area contributed by atoms with Crippen molar-refractivity contribution in [1.82, 2.24) is 10.2 Å². The van der Waals surface area contributed by atoms with Gasteiger partial charge in [0, 0.05) is 6.54 Å². The number of carboxylic acids is 1. The van der Waals surface area contributed by atoms with Gasteiger partial charge in [-0.05, 0) is 12.8 Å². The molecule has 112 valence electrons. The quantitative estimate of drug-likeness (QED) is 0.617. The third kappa shape index (κ3) is 4.98. The Kier molecular flexibility index (Phi) is 7.28. The Bertz CT molecular complexity index is 309. The molecule has 8 heteroatoms. The van der Waals surface area contributed by atoms with E-state index in [1.54, 1.807) is 13.8 Å². The molecule has 0 aliphatic carbocycles. The maximum atomic E-state index is 12.3. The van der Waals surface area contributed by atoms with Gasteiger partial charge in [0.1, 0.15) is 5.54 Å². The standard InChI is InChI=1S/C11H20F2N2O4/c1-3-11(4-2,9(17)18)14-10(19)15(5-6-16)7-8(12)13/h8,16H,3-7H2,1-2H3,(H,14,19)(H,17,18). The number of rotatable bonds is 8. The van der Waals surface area contributed by atoms with Crippen LogP contribution < -0.4 is 5.32 Å². The number of carboxylic acid groups (broad SMARTS) is 1. The third-order valence-electron chi connectivity index (χ3n) is 2.98. The molecule has 0 aromatic rings. The summed E-state index contributed by atoms with van der Waals surface area (Å²) in [4.78, 5) is 23.7. The van der Waals surface area contributed by atoms with E-state index in [1.807, 2.05) is 0 Å². The highest BCUT2D eigenvalue weighted by atomic mass is 19.3. The lowest BCUT2D eigenvalue weighted by molar-refractivity contribution is -0.144. The van der Waals surface area contributed by atoms with Crippen molar-refractivity contribution in [3.63, 3.8) is 0 Å². The number of nitrogens with zero attached hydrogens (tertiary/aromatic N) is 1. The average Bonchev–Trinajstić information content (AvgIpc) is 2.34. The number of hydrogen-bond acceptors (Lipinski definition) is 3. The minimum Gasteiger partial charge on any atom is -0.480 e. The summed E-state index contributed by atoms with van der Waals surface area (Å²) >= 11 is 0. The van der Waals surface area contributed by atoms with E-state index < -0.39 is 37.1 Å². The number of aliphatic carboxylic acids is 1. The Morgan fingerprint density at radius 1 is 1.32 bits per heavy atom. The first-order valence-electron chi connectivity index (χ1n) is 6.02. The van der Waals surface area contributed by atoms with Gasteiger partial charge in [-0.2, -0.15) is 0 Å². The fourth-order valence-electron chi connectivity index (χ4n) is 1.63. The number of carbonyl (C=O) groups is 2. The topological polar surface area (TPSA) is 89.9 Å². The van der Waals surface area contributed by atoms with E-state index in [0.29, 0.717) is 4.90 Å². The van der Waals surface area contributed by atoms with Crippen LogP contribution in [0.3, 0.4) is 0 Å². The molecule has 0 unspecified atom stereocenters. The Hall–Kier alpha value is -1.44. The molecule has 0 heterocycles. The molecule has 0 aliphatic rings. The van der Waals surface area contributed by atoms with Crippen molar-refractivity contribution >= 4 is 12.0 Å². The Labute approximate surface area is 110 Å². The number of hydrogen-bond donors (Lipinski definition) is 3. The molecule has 0 fully saturated rings. The van der Waals surface area contributed by atoms with E-state index in [0.717, 1.165) is 0 Å². The van der Waals surface area contributed by atoms with Crippen molar-refractivity contribution in [3.8, 4) is 0 Å². The summed E-state index contributed by atoms with van der Waals surface area (Å²) in [5.74, 6) is -1.22. The van der Waals surface area contributed by atoms with Crippen LogP contribution in [-0.4, -0.2) is 58.8 Å². The van der Waals surface area contributed by atoms with E-state index in [9.17, 15) is 18.4 Å². The third-order valence-corrected chi connectivity index (χ3v) is 2.98. The first-order valence-corrected chi connectivity index (χ1v) is 6.02. The minimum absolute atomic E-state index is 0.131. The van der Waals surface area contributed by atoms with Crippen LogP contribution in [0.2, 0.25) is 0 Å². The van der Waals surface area contributed by atoms with Gasteiger partial charge >= 0.3 is 12.0 Å². The lowest BCUT2D eigenvalue weighted by Gasteiger charge is -2.31. The van der Waals surface area contributed by atoms with Crippen LogP contribution in [0, 0.1) is 0 Å². The zero-order valence-corrected chi connectivity index (χ0v) is 11.0. The molecule has 2 amide bonds. The van der Waals surface area contributed by atoms with Crippen molar-refractivity contribution in [1.29, 1.82) is 0 Å². The molecule has 0 aromatic carbocycles. The zero-order chi connectivity index (χ0) is 15.1. The van der Waals surface area contributed by atoms with Crippen LogP contribution in [0.4, 0.5) is 13.6 Å². The maximum absolute atomic E-state index is 12.3. The van der Waals surface area contributed by atoms with Crippen LogP contribution in [0.1, 0.15) is 26.7 Å². The van der Waals surface area contributed by atoms with Crippen LogP contribution in [0.5, 0.6) is 0 Å². The summed E-state index contributed by atoms with van der Waals surface area (Å²) in [6, 6.07) is -0.916. The summed E-state index contributed by atoms with van der Waals surface area (Å²) in [5, 5.41) is 20.1. The monoisotopic (exact) mass is 282 g/mol. The predicted octanol–water partition coefficient (Wildman–Crippen LogP) is 0.899. The molecular formula is C11H20F2N2O4. The first kappa shape index (κ1) is 17.6. The summed E-state index contributed by atoms with van der Waals surface area (Å²) < 4.78 is 24.6. The zero-order valence-electron chi connectivity index (χ0n) is 11.0. The largest absolute Gasteiger partial charge is 0.480 e. The maximum Gasteiger partial charge on any atom is 0.329 e. The minimum atomic E-state index is -2.75. The van der Waals surface area contributed by atoms with Crippen LogP contribution in [0.15, 0.2) is 0 Å². The summed E-state index contributed by atoms with van der Waals surface area (Å²) in [6.07, 6.45) is -2.49. The highest BCUT2D eigenvalue weighted by Crippen LogP contribution is 2.16.